The Morgan fingerprint density at radius 3 is 3.05 bits per heavy atom. The van der Waals surface area contributed by atoms with Gasteiger partial charge in [0.15, 0.2) is 0 Å². The zero-order valence-corrected chi connectivity index (χ0v) is 11.4. The zero-order valence-electron chi connectivity index (χ0n) is 11.4. The topological polar surface area (TPSA) is 63.6 Å². The molecule has 0 saturated carbocycles. The molecule has 1 aliphatic heterocycles. The van der Waals surface area contributed by atoms with Crippen LogP contribution in [0, 0.1) is 0 Å². The number of amides is 1. The minimum absolute atomic E-state index is 0.0141. The van der Waals surface area contributed by atoms with Gasteiger partial charge in [-0.1, -0.05) is 6.07 Å². The molecule has 5 heteroatoms. The first kappa shape index (κ1) is 12.0. The van der Waals surface area contributed by atoms with E-state index < -0.39 is 0 Å². The fourth-order valence-electron chi connectivity index (χ4n) is 2.88. The summed E-state index contributed by atoms with van der Waals surface area (Å²) in [6, 6.07) is 11.4. The van der Waals surface area contributed by atoms with Gasteiger partial charge in [0.2, 0.25) is 0 Å². The summed E-state index contributed by atoms with van der Waals surface area (Å²) in [6.07, 6.45) is 4.31. The van der Waals surface area contributed by atoms with Crippen LogP contribution in [-0.2, 0) is 6.42 Å². The number of carbonyl (C=O) groups is 1. The number of nitrogen functional groups attached to an aromatic ring is 1. The van der Waals surface area contributed by atoms with E-state index in [4.69, 9.17) is 5.73 Å². The third-order valence-corrected chi connectivity index (χ3v) is 3.90. The Hall–Kier alpha value is -2.82. The van der Waals surface area contributed by atoms with Crippen molar-refractivity contribution < 1.29 is 4.79 Å². The molecule has 0 unspecified atom stereocenters. The van der Waals surface area contributed by atoms with E-state index in [2.05, 4.69) is 5.10 Å². The molecule has 0 aliphatic carbocycles. The second kappa shape index (κ2) is 4.34. The standard InChI is InChI=1S/C16H14N4O/c17-12-4-5-14-11(9-12)6-8-19(14)16(21)13-10-18-20-7-2-1-3-15(13)20/h1-5,7,9-10H,6,8,17H2. The van der Waals surface area contributed by atoms with E-state index in [1.165, 1.54) is 0 Å². The summed E-state index contributed by atoms with van der Waals surface area (Å²) in [5, 5.41) is 4.23. The predicted molar refractivity (Wildman–Crippen MR) is 81.4 cm³/mol. The van der Waals surface area contributed by atoms with Gasteiger partial charge in [0, 0.05) is 24.1 Å². The van der Waals surface area contributed by atoms with E-state index in [0.29, 0.717) is 12.1 Å². The van der Waals surface area contributed by atoms with Gasteiger partial charge in [-0.25, -0.2) is 4.52 Å². The molecule has 0 fully saturated rings. The highest BCUT2D eigenvalue weighted by Gasteiger charge is 2.27. The summed E-state index contributed by atoms with van der Waals surface area (Å²) in [6.45, 7) is 0.682. The molecule has 5 nitrogen and oxygen atoms in total. The minimum Gasteiger partial charge on any atom is -0.399 e. The van der Waals surface area contributed by atoms with E-state index in [1.54, 1.807) is 15.6 Å². The van der Waals surface area contributed by atoms with Gasteiger partial charge in [-0.05, 0) is 42.3 Å². The summed E-state index contributed by atoms with van der Waals surface area (Å²) in [7, 11) is 0. The number of rotatable bonds is 1. The Kier molecular flexibility index (Phi) is 2.47. The number of nitrogens with two attached hydrogens (primary N) is 1. The molecule has 0 spiro atoms. The number of fused-ring (bicyclic) bond motifs is 2. The van der Waals surface area contributed by atoms with Crippen molar-refractivity contribution in [1.82, 2.24) is 9.61 Å². The van der Waals surface area contributed by atoms with Gasteiger partial charge < -0.3 is 10.6 Å². The molecule has 0 radical (unpaired) electrons. The lowest BCUT2D eigenvalue weighted by Crippen LogP contribution is -2.28. The monoisotopic (exact) mass is 278 g/mol. The maximum absolute atomic E-state index is 12.8. The van der Waals surface area contributed by atoms with Crippen LogP contribution in [0.2, 0.25) is 0 Å². The molecule has 2 N–H and O–H groups in total. The third kappa shape index (κ3) is 1.78. The Bertz CT molecular complexity index is 852. The number of aromatic nitrogens is 2. The summed E-state index contributed by atoms with van der Waals surface area (Å²) in [5.41, 5.74) is 10.1. The highest BCUT2D eigenvalue weighted by molar-refractivity contribution is 6.11. The van der Waals surface area contributed by atoms with E-state index >= 15 is 0 Å². The predicted octanol–water partition coefficient (Wildman–Crippen LogP) is 2.12. The first-order valence-corrected chi connectivity index (χ1v) is 6.87. The van der Waals surface area contributed by atoms with Gasteiger partial charge in [-0.15, -0.1) is 0 Å². The smallest absolute Gasteiger partial charge is 0.262 e. The van der Waals surface area contributed by atoms with Gasteiger partial charge in [0.1, 0.15) is 0 Å². The maximum atomic E-state index is 12.8. The molecule has 4 rings (SSSR count). The zero-order chi connectivity index (χ0) is 14.4. The summed E-state index contributed by atoms with van der Waals surface area (Å²) >= 11 is 0. The lowest BCUT2D eigenvalue weighted by atomic mass is 10.1. The van der Waals surface area contributed by atoms with Crippen molar-refractivity contribution in [2.24, 2.45) is 0 Å². The highest BCUT2D eigenvalue weighted by Crippen LogP contribution is 2.31. The van der Waals surface area contributed by atoms with Crippen molar-refractivity contribution in [1.29, 1.82) is 0 Å². The van der Waals surface area contributed by atoms with Crippen molar-refractivity contribution in [2.75, 3.05) is 17.2 Å². The van der Waals surface area contributed by atoms with Crippen LogP contribution < -0.4 is 10.6 Å². The number of hydrogen-bond acceptors (Lipinski definition) is 3. The second-order valence-corrected chi connectivity index (χ2v) is 5.18. The highest BCUT2D eigenvalue weighted by atomic mass is 16.2. The lowest BCUT2D eigenvalue weighted by Gasteiger charge is -2.16. The Morgan fingerprint density at radius 1 is 1.24 bits per heavy atom. The second-order valence-electron chi connectivity index (χ2n) is 5.18. The van der Waals surface area contributed by atoms with E-state index in [-0.39, 0.29) is 5.91 Å². The summed E-state index contributed by atoms with van der Waals surface area (Å²) < 4.78 is 1.72. The number of anilines is 2. The quantitative estimate of drug-likeness (QED) is 0.693. The Balaban J connectivity index is 1.77. The molecular weight excluding hydrogens is 264 g/mol. The molecule has 0 saturated heterocycles. The van der Waals surface area contributed by atoms with Crippen LogP contribution in [0.5, 0.6) is 0 Å². The molecular formula is C16H14N4O. The van der Waals surface area contributed by atoms with Crippen LogP contribution in [0.4, 0.5) is 11.4 Å². The molecule has 1 aliphatic rings. The fraction of sp³-hybridized carbons (Fsp3) is 0.125. The molecule has 0 bridgehead atoms. The molecule has 0 atom stereocenters. The number of carbonyl (C=O) groups excluding carboxylic acids is 1. The van der Waals surface area contributed by atoms with Crippen molar-refractivity contribution in [3.63, 3.8) is 0 Å². The van der Waals surface area contributed by atoms with Gasteiger partial charge >= 0.3 is 0 Å². The maximum Gasteiger partial charge on any atom is 0.262 e. The minimum atomic E-state index is -0.0141. The average molecular weight is 278 g/mol. The van der Waals surface area contributed by atoms with Crippen molar-refractivity contribution in [2.45, 2.75) is 6.42 Å². The van der Waals surface area contributed by atoms with Crippen molar-refractivity contribution >= 4 is 22.8 Å². The Morgan fingerprint density at radius 2 is 2.14 bits per heavy atom. The SMILES string of the molecule is Nc1ccc2c(c1)CCN2C(=O)c1cnn2ccccc12. The van der Waals surface area contributed by atoms with E-state index in [0.717, 1.165) is 28.9 Å². The first-order chi connectivity index (χ1) is 10.2. The summed E-state index contributed by atoms with van der Waals surface area (Å²) in [5.74, 6) is -0.0141. The Labute approximate surface area is 121 Å². The molecule has 104 valence electrons. The van der Waals surface area contributed by atoms with Gasteiger partial charge in [-0.2, -0.15) is 5.10 Å². The molecule has 3 aromatic rings. The van der Waals surface area contributed by atoms with Crippen LogP contribution in [0.3, 0.4) is 0 Å². The number of pyridine rings is 1. The molecule has 21 heavy (non-hydrogen) atoms. The third-order valence-electron chi connectivity index (χ3n) is 3.90. The number of hydrogen-bond donors (Lipinski definition) is 1. The van der Waals surface area contributed by atoms with Crippen LogP contribution in [0.15, 0.2) is 48.8 Å². The van der Waals surface area contributed by atoms with E-state index in [9.17, 15) is 4.79 Å². The van der Waals surface area contributed by atoms with Crippen LogP contribution in [0.1, 0.15) is 15.9 Å². The van der Waals surface area contributed by atoms with Crippen LogP contribution >= 0.6 is 0 Å². The molecule has 2 aromatic heterocycles. The number of nitrogens with zero attached hydrogens (tertiary/aromatic N) is 3. The van der Waals surface area contributed by atoms with E-state index in [1.807, 2.05) is 42.6 Å². The van der Waals surface area contributed by atoms with Gasteiger partial charge in [-0.3, -0.25) is 4.79 Å². The van der Waals surface area contributed by atoms with Gasteiger partial charge in [0.05, 0.1) is 17.3 Å². The average Bonchev–Trinajstić information content (AvgIpc) is 3.10. The summed E-state index contributed by atoms with van der Waals surface area (Å²) in [4.78, 5) is 14.6. The normalized spacial score (nSPS) is 13.6. The van der Waals surface area contributed by atoms with Crippen molar-refractivity contribution in [3.05, 3.63) is 59.9 Å². The van der Waals surface area contributed by atoms with Crippen LogP contribution in [-0.4, -0.2) is 22.1 Å². The molecule has 1 amide bonds. The number of benzene rings is 1. The lowest BCUT2D eigenvalue weighted by molar-refractivity contribution is 0.0991. The molecule has 1 aromatic carbocycles. The molecule has 3 heterocycles. The van der Waals surface area contributed by atoms with Gasteiger partial charge in [0.25, 0.3) is 5.91 Å². The van der Waals surface area contributed by atoms with Crippen molar-refractivity contribution in [3.8, 4) is 0 Å². The first-order valence-electron chi connectivity index (χ1n) is 6.87. The fourth-order valence-corrected chi connectivity index (χ4v) is 2.88. The largest absolute Gasteiger partial charge is 0.399 e. The van der Waals surface area contributed by atoms with Crippen LogP contribution in [0.25, 0.3) is 5.52 Å².